The molecule has 66 valence electrons. The van der Waals surface area contributed by atoms with Gasteiger partial charge in [0, 0.05) is 7.05 Å². The fourth-order valence-electron chi connectivity index (χ4n) is 1.45. The fourth-order valence-corrected chi connectivity index (χ4v) is 1.45. The Morgan fingerprint density at radius 2 is 2.23 bits per heavy atom. The highest BCUT2D eigenvalue weighted by atomic mass is 16.2. The maximum absolute atomic E-state index is 9.77. The van der Waals surface area contributed by atoms with Gasteiger partial charge >= 0.3 is 7.05 Å². The van der Waals surface area contributed by atoms with Gasteiger partial charge in [-0.05, 0) is 17.9 Å². The van der Waals surface area contributed by atoms with Crippen molar-refractivity contribution in [3.8, 4) is 0 Å². The van der Waals surface area contributed by atoms with E-state index in [2.05, 4.69) is 5.10 Å². The second-order valence-corrected chi connectivity index (χ2v) is 3.32. The molecule has 1 heterocycles. The standard InChI is InChI=1S/C9H11BN2O/c1-7-3-4-8-6-11-12(2)10(13)9(8)5-7/h3-6,13H,1-2H3. The van der Waals surface area contributed by atoms with E-state index >= 15 is 0 Å². The summed E-state index contributed by atoms with van der Waals surface area (Å²) < 4.78 is 0. The minimum absolute atomic E-state index is 0.611. The first-order chi connectivity index (χ1) is 6.18. The van der Waals surface area contributed by atoms with Crippen molar-refractivity contribution in [2.24, 2.45) is 5.10 Å². The van der Waals surface area contributed by atoms with Crippen molar-refractivity contribution in [3.05, 3.63) is 29.3 Å². The normalized spacial score (nSPS) is 14.7. The lowest BCUT2D eigenvalue weighted by atomic mass is 9.70. The third-order valence-electron chi connectivity index (χ3n) is 2.25. The Morgan fingerprint density at radius 3 is 3.00 bits per heavy atom. The zero-order valence-electron chi connectivity index (χ0n) is 7.73. The summed E-state index contributed by atoms with van der Waals surface area (Å²) in [5, 5.41) is 13.8. The molecule has 0 amide bonds. The number of hydrogen-bond donors (Lipinski definition) is 1. The van der Waals surface area contributed by atoms with Gasteiger partial charge in [0.15, 0.2) is 0 Å². The first-order valence-corrected chi connectivity index (χ1v) is 4.24. The highest BCUT2D eigenvalue weighted by Gasteiger charge is 2.25. The molecule has 0 atom stereocenters. The highest BCUT2D eigenvalue weighted by Crippen LogP contribution is 2.05. The molecule has 1 aromatic rings. The maximum atomic E-state index is 9.77. The van der Waals surface area contributed by atoms with Crippen LogP contribution in [-0.2, 0) is 0 Å². The molecule has 0 bridgehead atoms. The lowest BCUT2D eigenvalue weighted by Crippen LogP contribution is -2.47. The van der Waals surface area contributed by atoms with Crippen molar-refractivity contribution >= 4 is 18.7 Å². The average molecular weight is 174 g/mol. The Labute approximate surface area is 77.8 Å². The number of benzene rings is 1. The molecule has 1 N–H and O–H groups in total. The molecule has 13 heavy (non-hydrogen) atoms. The molecule has 1 aliphatic heterocycles. The van der Waals surface area contributed by atoms with Gasteiger partial charge in [0.1, 0.15) is 0 Å². The summed E-state index contributed by atoms with van der Waals surface area (Å²) in [6.45, 7) is 2.01. The van der Waals surface area contributed by atoms with E-state index in [1.165, 1.54) is 0 Å². The maximum Gasteiger partial charge on any atom is 0.466 e. The van der Waals surface area contributed by atoms with Crippen LogP contribution in [0.5, 0.6) is 0 Å². The van der Waals surface area contributed by atoms with Crippen LogP contribution in [0.2, 0.25) is 0 Å². The molecule has 0 aromatic heterocycles. The van der Waals surface area contributed by atoms with Crippen molar-refractivity contribution in [1.82, 2.24) is 4.92 Å². The fraction of sp³-hybridized carbons (Fsp3) is 0.222. The quantitative estimate of drug-likeness (QED) is 0.560. The average Bonchev–Trinajstić information content (AvgIpc) is 2.12. The largest absolute Gasteiger partial charge is 0.466 e. The molecule has 2 rings (SSSR count). The van der Waals surface area contributed by atoms with E-state index in [9.17, 15) is 5.02 Å². The Kier molecular flexibility index (Phi) is 1.85. The number of hydrogen-bond acceptors (Lipinski definition) is 3. The molecule has 1 aromatic carbocycles. The molecule has 0 radical (unpaired) electrons. The molecule has 0 saturated heterocycles. The zero-order valence-corrected chi connectivity index (χ0v) is 7.73. The van der Waals surface area contributed by atoms with Crippen LogP contribution in [0, 0.1) is 6.92 Å². The zero-order chi connectivity index (χ0) is 9.42. The van der Waals surface area contributed by atoms with Gasteiger partial charge in [0.2, 0.25) is 0 Å². The number of hydrazone groups is 1. The Morgan fingerprint density at radius 1 is 1.46 bits per heavy atom. The molecule has 0 aliphatic carbocycles. The van der Waals surface area contributed by atoms with Gasteiger partial charge < -0.3 is 9.94 Å². The van der Waals surface area contributed by atoms with E-state index in [-0.39, 0.29) is 0 Å². The SMILES string of the molecule is Cc1ccc2c(c1)B(O)N(C)N=C2. The molecular formula is C9H11BN2O. The summed E-state index contributed by atoms with van der Waals surface area (Å²) >= 11 is 0. The number of rotatable bonds is 0. The van der Waals surface area contributed by atoms with Crippen molar-refractivity contribution in [2.45, 2.75) is 6.92 Å². The van der Waals surface area contributed by atoms with Crippen LogP contribution in [0.1, 0.15) is 11.1 Å². The van der Waals surface area contributed by atoms with Crippen LogP contribution in [0.15, 0.2) is 23.3 Å². The second-order valence-electron chi connectivity index (χ2n) is 3.32. The number of nitrogens with zero attached hydrogens (tertiary/aromatic N) is 2. The van der Waals surface area contributed by atoms with Crippen LogP contribution < -0.4 is 5.46 Å². The van der Waals surface area contributed by atoms with Crippen LogP contribution in [0.25, 0.3) is 0 Å². The Balaban J connectivity index is 2.54. The molecule has 0 fully saturated rings. The molecule has 1 aliphatic rings. The van der Waals surface area contributed by atoms with Gasteiger partial charge in [0.25, 0.3) is 0 Å². The summed E-state index contributed by atoms with van der Waals surface area (Å²) in [5.74, 6) is 0. The van der Waals surface area contributed by atoms with Gasteiger partial charge in [-0.25, -0.2) is 0 Å². The van der Waals surface area contributed by atoms with Gasteiger partial charge in [-0.2, -0.15) is 5.10 Å². The Hall–Kier alpha value is -1.29. The predicted octanol–water partition coefficient (Wildman–Crippen LogP) is -0.0382. The smallest absolute Gasteiger partial charge is 0.428 e. The molecule has 0 unspecified atom stereocenters. The van der Waals surface area contributed by atoms with Crippen LogP contribution in [0.4, 0.5) is 0 Å². The summed E-state index contributed by atoms with van der Waals surface area (Å²) in [4.78, 5) is 1.54. The summed E-state index contributed by atoms with van der Waals surface area (Å²) in [6.07, 6.45) is 1.77. The topological polar surface area (TPSA) is 35.8 Å². The third kappa shape index (κ3) is 1.33. The van der Waals surface area contributed by atoms with Gasteiger partial charge in [-0.15, -0.1) is 0 Å². The minimum atomic E-state index is -0.611. The lowest BCUT2D eigenvalue weighted by molar-refractivity contribution is 0.442. The minimum Gasteiger partial charge on any atom is -0.428 e. The van der Waals surface area contributed by atoms with Gasteiger partial charge in [0.05, 0.1) is 6.21 Å². The van der Waals surface area contributed by atoms with E-state index in [0.717, 1.165) is 16.6 Å². The van der Waals surface area contributed by atoms with Crippen molar-refractivity contribution < 1.29 is 5.02 Å². The third-order valence-corrected chi connectivity index (χ3v) is 2.25. The van der Waals surface area contributed by atoms with E-state index in [0.29, 0.717) is 0 Å². The van der Waals surface area contributed by atoms with Crippen molar-refractivity contribution in [1.29, 1.82) is 0 Å². The molecular weight excluding hydrogens is 163 g/mol. The monoisotopic (exact) mass is 174 g/mol. The van der Waals surface area contributed by atoms with Crippen LogP contribution >= 0.6 is 0 Å². The summed E-state index contributed by atoms with van der Waals surface area (Å²) in [7, 11) is 1.15. The molecule has 0 saturated carbocycles. The Bertz CT molecular complexity index is 365. The second kappa shape index (κ2) is 2.89. The summed E-state index contributed by atoms with van der Waals surface area (Å²) in [6, 6.07) is 5.98. The first-order valence-electron chi connectivity index (χ1n) is 4.24. The predicted molar refractivity (Wildman–Crippen MR) is 54.1 cm³/mol. The summed E-state index contributed by atoms with van der Waals surface area (Å²) in [5.41, 5.74) is 3.08. The first kappa shape index (κ1) is 8.32. The van der Waals surface area contributed by atoms with E-state index in [1.807, 2.05) is 25.1 Å². The van der Waals surface area contributed by atoms with Gasteiger partial charge in [-0.3, -0.25) is 0 Å². The highest BCUT2D eigenvalue weighted by molar-refractivity contribution is 6.65. The number of aryl methyl sites for hydroxylation is 1. The van der Waals surface area contributed by atoms with E-state index in [4.69, 9.17) is 0 Å². The number of fused-ring (bicyclic) bond motifs is 1. The van der Waals surface area contributed by atoms with Crippen LogP contribution in [0.3, 0.4) is 0 Å². The molecule has 4 heteroatoms. The van der Waals surface area contributed by atoms with E-state index in [1.54, 1.807) is 18.2 Å². The molecule has 3 nitrogen and oxygen atoms in total. The molecule has 0 spiro atoms. The van der Waals surface area contributed by atoms with Gasteiger partial charge in [-0.1, -0.05) is 23.8 Å². The van der Waals surface area contributed by atoms with Crippen LogP contribution in [-0.4, -0.2) is 30.3 Å². The van der Waals surface area contributed by atoms with Crippen molar-refractivity contribution in [2.75, 3.05) is 7.05 Å². The van der Waals surface area contributed by atoms with E-state index < -0.39 is 7.05 Å². The van der Waals surface area contributed by atoms with Crippen molar-refractivity contribution in [3.63, 3.8) is 0 Å². The lowest BCUT2D eigenvalue weighted by Gasteiger charge is -2.22.